The van der Waals surface area contributed by atoms with Gasteiger partial charge in [0.05, 0.1) is 11.3 Å². The molecule has 0 bridgehead atoms. The van der Waals surface area contributed by atoms with E-state index in [4.69, 9.17) is 0 Å². The van der Waals surface area contributed by atoms with Crippen molar-refractivity contribution in [2.75, 3.05) is 5.32 Å². The number of fused-ring (bicyclic) bond motifs is 1. The van der Waals surface area contributed by atoms with Gasteiger partial charge in [0, 0.05) is 23.7 Å². The third-order valence-corrected chi connectivity index (χ3v) is 3.53. The van der Waals surface area contributed by atoms with Gasteiger partial charge in [0.25, 0.3) is 5.91 Å². The van der Waals surface area contributed by atoms with Crippen LogP contribution in [0.4, 0.5) is 5.82 Å². The van der Waals surface area contributed by atoms with Crippen molar-refractivity contribution in [3.63, 3.8) is 0 Å². The summed E-state index contributed by atoms with van der Waals surface area (Å²) in [5.74, 6) is 0.169. The molecule has 0 radical (unpaired) electrons. The van der Waals surface area contributed by atoms with E-state index in [2.05, 4.69) is 30.6 Å². The summed E-state index contributed by atoms with van der Waals surface area (Å²) >= 11 is 0. The molecule has 4 aromatic rings. The Morgan fingerprint density at radius 2 is 2.17 bits per heavy atom. The molecule has 4 rings (SSSR count). The molecule has 118 valence electrons. The van der Waals surface area contributed by atoms with Crippen molar-refractivity contribution in [1.29, 1.82) is 0 Å². The van der Waals surface area contributed by atoms with Crippen LogP contribution in [0.3, 0.4) is 0 Å². The topological polar surface area (TPSA) is 101 Å². The van der Waals surface area contributed by atoms with Gasteiger partial charge < -0.3 is 5.32 Å². The molecule has 2 N–H and O–H groups in total. The molecule has 4 heterocycles. The molecule has 8 heteroatoms. The summed E-state index contributed by atoms with van der Waals surface area (Å²) in [6.45, 7) is 1.92. The molecule has 0 unspecified atom stereocenters. The van der Waals surface area contributed by atoms with E-state index in [1.54, 1.807) is 41.2 Å². The van der Waals surface area contributed by atoms with E-state index in [-0.39, 0.29) is 5.91 Å². The summed E-state index contributed by atoms with van der Waals surface area (Å²) in [6, 6.07) is 8.96. The Hall–Kier alpha value is -3.55. The van der Waals surface area contributed by atoms with E-state index in [0.29, 0.717) is 17.0 Å². The number of amides is 1. The van der Waals surface area contributed by atoms with Crippen LogP contribution in [0.2, 0.25) is 0 Å². The summed E-state index contributed by atoms with van der Waals surface area (Å²) in [7, 11) is 0. The first-order chi connectivity index (χ1) is 11.7. The number of pyridine rings is 2. The SMILES string of the molecule is Cc1cc(-c2cc(C(=O)Nc3ccccn3)c3ncnn3c2)n[nH]1. The van der Waals surface area contributed by atoms with Crippen molar-refractivity contribution >= 4 is 17.4 Å². The average Bonchev–Trinajstić information content (AvgIpc) is 3.23. The number of nitrogens with one attached hydrogen (secondary N) is 2. The fraction of sp³-hybridized carbons (Fsp3) is 0.0625. The Morgan fingerprint density at radius 3 is 2.92 bits per heavy atom. The zero-order valence-corrected chi connectivity index (χ0v) is 12.8. The van der Waals surface area contributed by atoms with Crippen LogP contribution in [0.5, 0.6) is 0 Å². The smallest absolute Gasteiger partial charge is 0.260 e. The van der Waals surface area contributed by atoms with Crippen LogP contribution in [-0.4, -0.2) is 35.7 Å². The number of anilines is 1. The van der Waals surface area contributed by atoms with Crippen LogP contribution < -0.4 is 5.32 Å². The standard InChI is InChI=1S/C16H13N7O/c1-10-6-13(22-21-10)11-7-12(15-18-9-19-23(15)8-11)16(24)20-14-4-2-3-5-17-14/h2-9H,1H3,(H,21,22)(H,17,20,24). The maximum atomic E-state index is 12.7. The number of hydrogen-bond acceptors (Lipinski definition) is 5. The molecule has 0 saturated carbocycles. The highest BCUT2D eigenvalue weighted by molar-refractivity contribution is 6.08. The molecule has 0 aliphatic carbocycles. The molecule has 0 spiro atoms. The molecule has 1 amide bonds. The average molecular weight is 319 g/mol. The Morgan fingerprint density at radius 1 is 1.25 bits per heavy atom. The summed E-state index contributed by atoms with van der Waals surface area (Å²) in [6.07, 6.45) is 4.81. The van der Waals surface area contributed by atoms with Crippen molar-refractivity contribution in [3.8, 4) is 11.3 Å². The van der Waals surface area contributed by atoms with Crippen molar-refractivity contribution in [3.05, 3.63) is 60.3 Å². The Labute approximate surface area is 136 Å². The third-order valence-electron chi connectivity index (χ3n) is 3.53. The van der Waals surface area contributed by atoms with Gasteiger partial charge in [-0.05, 0) is 31.2 Å². The highest BCUT2D eigenvalue weighted by Crippen LogP contribution is 2.21. The quantitative estimate of drug-likeness (QED) is 0.602. The van der Waals surface area contributed by atoms with Crippen LogP contribution >= 0.6 is 0 Å². The van der Waals surface area contributed by atoms with Crippen molar-refractivity contribution < 1.29 is 4.79 Å². The molecule has 24 heavy (non-hydrogen) atoms. The summed E-state index contributed by atoms with van der Waals surface area (Å²) in [4.78, 5) is 20.9. The molecule has 0 fully saturated rings. The van der Waals surface area contributed by atoms with E-state index in [1.165, 1.54) is 6.33 Å². The number of hydrogen-bond donors (Lipinski definition) is 2. The first kappa shape index (κ1) is 14.1. The number of nitrogens with zero attached hydrogens (tertiary/aromatic N) is 5. The second-order valence-corrected chi connectivity index (χ2v) is 5.28. The van der Waals surface area contributed by atoms with Gasteiger partial charge in [0.2, 0.25) is 0 Å². The predicted molar refractivity (Wildman–Crippen MR) is 87.5 cm³/mol. The van der Waals surface area contributed by atoms with E-state index < -0.39 is 0 Å². The predicted octanol–water partition coefficient (Wildman–Crippen LogP) is 2.08. The van der Waals surface area contributed by atoms with Crippen LogP contribution in [0.15, 0.2) is 49.1 Å². The molecule has 4 aromatic heterocycles. The van der Waals surface area contributed by atoms with Gasteiger partial charge in [-0.2, -0.15) is 10.2 Å². The van der Waals surface area contributed by atoms with Gasteiger partial charge in [0.1, 0.15) is 12.1 Å². The van der Waals surface area contributed by atoms with Gasteiger partial charge >= 0.3 is 0 Å². The molecule has 0 aromatic carbocycles. The second-order valence-electron chi connectivity index (χ2n) is 5.28. The maximum absolute atomic E-state index is 12.7. The minimum atomic E-state index is -0.305. The van der Waals surface area contributed by atoms with Crippen LogP contribution in [-0.2, 0) is 0 Å². The fourth-order valence-corrected chi connectivity index (χ4v) is 2.42. The minimum absolute atomic E-state index is 0.305. The minimum Gasteiger partial charge on any atom is -0.306 e. The number of rotatable bonds is 3. The first-order valence-corrected chi connectivity index (χ1v) is 7.29. The van der Waals surface area contributed by atoms with Crippen molar-refractivity contribution in [2.45, 2.75) is 6.92 Å². The summed E-state index contributed by atoms with van der Waals surface area (Å²) in [5, 5.41) is 14.0. The highest BCUT2D eigenvalue weighted by atomic mass is 16.1. The fourth-order valence-electron chi connectivity index (χ4n) is 2.42. The number of carbonyl (C=O) groups is 1. The Bertz CT molecular complexity index is 1020. The molecule has 0 saturated heterocycles. The van der Waals surface area contributed by atoms with Gasteiger partial charge in [-0.1, -0.05) is 6.07 Å². The number of H-pyrrole nitrogens is 1. The van der Waals surface area contributed by atoms with E-state index in [9.17, 15) is 4.79 Å². The normalized spacial score (nSPS) is 10.9. The van der Waals surface area contributed by atoms with Gasteiger partial charge in [-0.3, -0.25) is 9.89 Å². The lowest BCUT2D eigenvalue weighted by atomic mass is 10.1. The van der Waals surface area contributed by atoms with Crippen molar-refractivity contribution in [2.24, 2.45) is 0 Å². The largest absolute Gasteiger partial charge is 0.306 e. The lowest BCUT2D eigenvalue weighted by molar-refractivity contribution is 0.102. The van der Waals surface area contributed by atoms with E-state index in [0.717, 1.165) is 17.0 Å². The zero-order valence-electron chi connectivity index (χ0n) is 12.8. The molecule has 0 aliphatic heterocycles. The van der Waals surface area contributed by atoms with Gasteiger partial charge in [0.15, 0.2) is 5.65 Å². The lowest BCUT2D eigenvalue weighted by Gasteiger charge is -2.07. The maximum Gasteiger partial charge on any atom is 0.260 e. The van der Waals surface area contributed by atoms with Crippen LogP contribution in [0, 0.1) is 6.92 Å². The zero-order chi connectivity index (χ0) is 16.5. The number of aromatic amines is 1. The molecule has 0 atom stereocenters. The number of aryl methyl sites for hydroxylation is 1. The lowest BCUT2D eigenvalue weighted by Crippen LogP contribution is -2.14. The van der Waals surface area contributed by atoms with Gasteiger partial charge in [-0.25, -0.2) is 14.5 Å². The molecular weight excluding hydrogens is 306 g/mol. The van der Waals surface area contributed by atoms with Gasteiger partial charge in [-0.15, -0.1) is 0 Å². The molecule has 0 aliphatic rings. The van der Waals surface area contributed by atoms with E-state index in [1.807, 2.05) is 13.0 Å². The first-order valence-electron chi connectivity index (χ1n) is 7.29. The van der Waals surface area contributed by atoms with Crippen LogP contribution in [0.25, 0.3) is 16.9 Å². The molecule has 8 nitrogen and oxygen atoms in total. The van der Waals surface area contributed by atoms with Crippen molar-refractivity contribution in [1.82, 2.24) is 29.8 Å². The second kappa shape index (κ2) is 5.58. The number of aromatic nitrogens is 6. The monoisotopic (exact) mass is 319 g/mol. The number of carbonyl (C=O) groups excluding carboxylic acids is 1. The Kier molecular flexibility index (Phi) is 3.27. The third kappa shape index (κ3) is 2.50. The van der Waals surface area contributed by atoms with E-state index >= 15 is 0 Å². The van der Waals surface area contributed by atoms with Crippen LogP contribution in [0.1, 0.15) is 16.1 Å². The summed E-state index contributed by atoms with van der Waals surface area (Å²) in [5.41, 5.74) is 3.30. The molecular formula is C16H13N7O. The Balaban J connectivity index is 1.79. The summed E-state index contributed by atoms with van der Waals surface area (Å²) < 4.78 is 1.56. The highest BCUT2D eigenvalue weighted by Gasteiger charge is 2.16.